The van der Waals surface area contributed by atoms with Gasteiger partial charge in [0.25, 0.3) is 0 Å². The van der Waals surface area contributed by atoms with Crippen LogP contribution in [0.5, 0.6) is 17.2 Å². The summed E-state index contributed by atoms with van der Waals surface area (Å²) in [6, 6.07) is 3.79. The van der Waals surface area contributed by atoms with Gasteiger partial charge in [0.1, 0.15) is 0 Å². The molecule has 0 N–H and O–H groups in total. The van der Waals surface area contributed by atoms with Crippen LogP contribution in [0.25, 0.3) is 6.08 Å². The second kappa shape index (κ2) is 7.61. The molecule has 0 bridgehead atoms. The highest BCUT2D eigenvalue weighted by Gasteiger charge is 2.11. The minimum absolute atomic E-state index is 0.590. The number of hydrogen-bond acceptors (Lipinski definition) is 4. The van der Waals surface area contributed by atoms with Gasteiger partial charge in [-0.2, -0.15) is 0 Å². The van der Waals surface area contributed by atoms with Gasteiger partial charge in [-0.05, 0) is 24.6 Å². The van der Waals surface area contributed by atoms with Crippen LogP contribution >= 0.6 is 0 Å². The van der Waals surface area contributed by atoms with E-state index in [1.165, 1.54) is 0 Å². The van der Waals surface area contributed by atoms with Crippen LogP contribution in [0, 0.1) is 0 Å². The molecule has 1 aromatic rings. The second-order valence-corrected chi connectivity index (χ2v) is 3.52. The molecule has 100 valence electrons. The lowest BCUT2D eigenvalue weighted by Gasteiger charge is -2.12. The van der Waals surface area contributed by atoms with Crippen molar-refractivity contribution in [3.63, 3.8) is 0 Å². The highest BCUT2D eigenvalue weighted by atomic mass is 16.5. The summed E-state index contributed by atoms with van der Waals surface area (Å²) in [5, 5.41) is 0. The average Bonchev–Trinajstić information content (AvgIpc) is 2.42. The first-order chi connectivity index (χ1) is 8.76. The van der Waals surface area contributed by atoms with E-state index in [0.29, 0.717) is 30.5 Å². The van der Waals surface area contributed by atoms with Crippen molar-refractivity contribution in [1.82, 2.24) is 0 Å². The van der Waals surface area contributed by atoms with Gasteiger partial charge >= 0.3 is 0 Å². The van der Waals surface area contributed by atoms with Gasteiger partial charge in [-0.1, -0.05) is 12.2 Å². The molecule has 4 nitrogen and oxygen atoms in total. The van der Waals surface area contributed by atoms with Crippen LogP contribution in [0.3, 0.4) is 0 Å². The Balaban J connectivity index is 2.96. The largest absolute Gasteiger partial charge is 0.493 e. The Kier molecular flexibility index (Phi) is 6.08. The molecule has 0 fully saturated rings. The lowest BCUT2D eigenvalue weighted by molar-refractivity contribution is 0.178. The smallest absolute Gasteiger partial charge is 0.203 e. The zero-order valence-corrected chi connectivity index (χ0v) is 11.4. The Hall–Kier alpha value is -1.68. The molecule has 0 aromatic heterocycles. The topological polar surface area (TPSA) is 36.9 Å². The van der Waals surface area contributed by atoms with Crippen LogP contribution < -0.4 is 14.2 Å². The summed E-state index contributed by atoms with van der Waals surface area (Å²) >= 11 is 0. The van der Waals surface area contributed by atoms with E-state index in [-0.39, 0.29) is 0 Å². The molecular formula is C14H20O4. The third kappa shape index (κ3) is 3.67. The first-order valence-electron chi connectivity index (χ1n) is 5.81. The molecule has 0 saturated carbocycles. The molecule has 0 unspecified atom stereocenters. The van der Waals surface area contributed by atoms with Gasteiger partial charge in [-0.15, -0.1) is 0 Å². The third-order valence-electron chi connectivity index (χ3n) is 2.42. The predicted octanol–water partition coefficient (Wildman–Crippen LogP) is 2.76. The van der Waals surface area contributed by atoms with Crippen LogP contribution in [0.4, 0.5) is 0 Å². The fourth-order valence-corrected chi connectivity index (χ4v) is 1.57. The average molecular weight is 252 g/mol. The molecule has 0 radical (unpaired) electrons. The van der Waals surface area contributed by atoms with Crippen molar-refractivity contribution in [1.29, 1.82) is 0 Å². The van der Waals surface area contributed by atoms with Crippen LogP contribution in [-0.2, 0) is 4.74 Å². The Bertz CT molecular complexity index is 374. The summed E-state index contributed by atoms with van der Waals surface area (Å²) in [5.41, 5.74) is 0.976. The lowest BCUT2D eigenvalue weighted by atomic mass is 10.1. The summed E-state index contributed by atoms with van der Waals surface area (Å²) in [6.45, 7) is 3.26. The molecule has 0 atom stereocenters. The van der Waals surface area contributed by atoms with Crippen molar-refractivity contribution < 1.29 is 18.9 Å². The van der Waals surface area contributed by atoms with Crippen molar-refractivity contribution in [3.05, 3.63) is 23.8 Å². The highest BCUT2D eigenvalue weighted by molar-refractivity contribution is 5.62. The standard InChI is InChI=1S/C14H20O4/c1-5-18-8-6-7-11-9-12(15-2)14(17-4)13(10-11)16-3/h6-7,9-10H,5,8H2,1-4H3/b7-6+. The number of methoxy groups -OCH3 is 3. The predicted molar refractivity (Wildman–Crippen MR) is 71.6 cm³/mol. The fourth-order valence-electron chi connectivity index (χ4n) is 1.57. The molecule has 0 aliphatic carbocycles. The zero-order chi connectivity index (χ0) is 13.4. The normalized spacial score (nSPS) is 10.7. The van der Waals surface area contributed by atoms with Crippen molar-refractivity contribution in [3.8, 4) is 17.2 Å². The van der Waals surface area contributed by atoms with Gasteiger partial charge < -0.3 is 18.9 Å². The van der Waals surface area contributed by atoms with Crippen molar-refractivity contribution in [2.45, 2.75) is 6.92 Å². The molecule has 0 aliphatic heterocycles. The van der Waals surface area contributed by atoms with Crippen LogP contribution in [-0.4, -0.2) is 34.5 Å². The molecule has 18 heavy (non-hydrogen) atoms. The van der Waals surface area contributed by atoms with Gasteiger partial charge in [0.15, 0.2) is 11.5 Å². The van der Waals surface area contributed by atoms with Gasteiger partial charge in [-0.3, -0.25) is 0 Å². The molecular weight excluding hydrogens is 232 g/mol. The van der Waals surface area contributed by atoms with Crippen LogP contribution in [0.15, 0.2) is 18.2 Å². The fraction of sp³-hybridized carbons (Fsp3) is 0.429. The molecule has 0 saturated heterocycles. The minimum atomic E-state index is 0.590. The van der Waals surface area contributed by atoms with Gasteiger partial charge in [-0.25, -0.2) is 0 Å². The monoisotopic (exact) mass is 252 g/mol. The van der Waals surface area contributed by atoms with E-state index < -0.39 is 0 Å². The van der Waals surface area contributed by atoms with E-state index in [1.54, 1.807) is 21.3 Å². The Labute approximate surface area is 108 Å². The van der Waals surface area contributed by atoms with Crippen molar-refractivity contribution in [2.24, 2.45) is 0 Å². The summed E-state index contributed by atoms with van der Waals surface area (Å²) < 4.78 is 21.1. The maximum atomic E-state index is 5.28. The molecule has 0 heterocycles. The third-order valence-corrected chi connectivity index (χ3v) is 2.42. The van der Waals surface area contributed by atoms with Crippen molar-refractivity contribution in [2.75, 3.05) is 34.5 Å². The Morgan fingerprint density at radius 3 is 2.06 bits per heavy atom. The molecule has 0 spiro atoms. The van der Waals surface area contributed by atoms with Gasteiger partial charge in [0.2, 0.25) is 5.75 Å². The summed E-state index contributed by atoms with van der Waals surface area (Å²) in [6.07, 6.45) is 3.91. The molecule has 1 rings (SSSR count). The summed E-state index contributed by atoms with van der Waals surface area (Å²) in [7, 11) is 4.79. The number of ether oxygens (including phenoxy) is 4. The van der Waals surface area contributed by atoms with E-state index in [2.05, 4.69) is 0 Å². The zero-order valence-electron chi connectivity index (χ0n) is 11.4. The lowest BCUT2D eigenvalue weighted by Crippen LogP contribution is -1.95. The van der Waals surface area contributed by atoms with Crippen LogP contribution in [0.1, 0.15) is 12.5 Å². The van der Waals surface area contributed by atoms with E-state index in [9.17, 15) is 0 Å². The molecule has 4 heteroatoms. The van der Waals surface area contributed by atoms with E-state index >= 15 is 0 Å². The number of hydrogen-bond donors (Lipinski definition) is 0. The second-order valence-electron chi connectivity index (χ2n) is 3.52. The van der Waals surface area contributed by atoms with Gasteiger partial charge in [0.05, 0.1) is 27.9 Å². The maximum Gasteiger partial charge on any atom is 0.203 e. The van der Waals surface area contributed by atoms with Crippen molar-refractivity contribution >= 4 is 6.08 Å². The highest BCUT2D eigenvalue weighted by Crippen LogP contribution is 2.38. The molecule has 1 aromatic carbocycles. The summed E-state index contributed by atoms with van der Waals surface area (Å²) in [4.78, 5) is 0. The van der Waals surface area contributed by atoms with Gasteiger partial charge in [0, 0.05) is 6.61 Å². The van der Waals surface area contributed by atoms with Crippen LogP contribution in [0.2, 0.25) is 0 Å². The number of benzene rings is 1. The molecule has 0 amide bonds. The van der Waals surface area contributed by atoms with E-state index in [0.717, 1.165) is 5.56 Å². The number of rotatable bonds is 7. The minimum Gasteiger partial charge on any atom is -0.493 e. The van der Waals surface area contributed by atoms with E-state index in [1.807, 2.05) is 31.2 Å². The first-order valence-corrected chi connectivity index (χ1v) is 5.81. The van der Waals surface area contributed by atoms with E-state index in [4.69, 9.17) is 18.9 Å². The summed E-state index contributed by atoms with van der Waals surface area (Å²) in [5.74, 6) is 1.89. The SMILES string of the molecule is CCOC/C=C/c1cc(OC)c(OC)c(OC)c1. The quantitative estimate of drug-likeness (QED) is 0.699. The Morgan fingerprint density at radius 2 is 1.61 bits per heavy atom. The Morgan fingerprint density at radius 1 is 1.00 bits per heavy atom. The first kappa shape index (κ1) is 14.4. The maximum absolute atomic E-state index is 5.28. The molecule has 0 aliphatic rings.